The van der Waals surface area contributed by atoms with Crippen molar-refractivity contribution in [3.8, 4) is 0 Å². The molecule has 0 bridgehead atoms. The molecule has 0 saturated carbocycles. The van der Waals surface area contributed by atoms with Crippen LogP contribution in [0, 0.1) is 12.3 Å². The first-order valence-electron chi connectivity index (χ1n) is 11.6. The summed E-state index contributed by atoms with van der Waals surface area (Å²) >= 11 is 0. The zero-order valence-corrected chi connectivity index (χ0v) is 20.7. The van der Waals surface area contributed by atoms with Gasteiger partial charge >= 0.3 is 0 Å². The number of benzene rings is 1. The van der Waals surface area contributed by atoms with Crippen molar-refractivity contribution >= 4 is 23.5 Å². The lowest BCUT2D eigenvalue weighted by Gasteiger charge is -2.27. The highest BCUT2D eigenvalue weighted by Gasteiger charge is 2.20. The zero-order valence-electron chi connectivity index (χ0n) is 20.7. The molecule has 1 fully saturated rings. The van der Waals surface area contributed by atoms with Gasteiger partial charge in [0, 0.05) is 44.5 Å². The summed E-state index contributed by atoms with van der Waals surface area (Å²) < 4.78 is 0. The fourth-order valence-electron chi connectivity index (χ4n) is 3.75. The highest BCUT2D eigenvalue weighted by Crippen LogP contribution is 2.24. The van der Waals surface area contributed by atoms with Crippen LogP contribution >= 0.6 is 0 Å². The monoisotopic (exact) mass is 440 g/mol. The lowest BCUT2D eigenvalue weighted by Crippen LogP contribution is -2.31. The number of anilines is 4. The van der Waals surface area contributed by atoms with Crippen molar-refractivity contribution in [1.82, 2.24) is 25.6 Å². The van der Waals surface area contributed by atoms with Crippen LogP contribution in [0.25, 0.3) is 0 Å². The van der Waals surface area contributed by atoms with Crippen molar-refractivity contribution in [2.75, 3.05) is 42.2 Å². The van der Waals surface area contributed by atoms with E-state index >= 15 is 0 Å². The van der Waals surface area contributed by atoms with Gasteiger partial charge in [0.15, 0.2) is 0 Å². The SMILES string of the molecule is Cc1ccc(CNC(C)C)cc1Nc1nc(N[C@H]2CCNC2)nc(N(C)CC(C)(C)C)n1. The van der Waals surface area contributed by atoms with Crippen LogP contribution in [0.5, 0.6) is 0 Å². The van der Waals surface area contributed by atoms with Crippen LogP contribution in [0.2, 0.25) is 0 Å². The molecule has 1 aromatic carbocycles. The highest BCUT2D eigenvalue weighted by molar-refractivity contribution is 5.61. The molecule has 1 aliphatic rings. The van der Waals surface area contributed by atoms with Gasteiger partial charge in [0.05, 0.1) is 0 Å². The lowest BCUT2D eigenvalue weighted by molar-refractivity contribution is 0.416. The van der Waals surface area contributed by atoms with E-state index in [0.717, 1.165) is 43.9 Å². The summed E-state index contributed by atoms with van der Waals surface area (Å²) in [7, 11) is 2.04. The summed E-state index contributed by atoms with van der Waals surface area (Å²) in [6, 6.07) is 7.23. The minimum atomic E-state index is 0.131. The van der Waals surface area contributed by atoms with E-state index < -0.39 is 0 Å². The molecule has 0 unspecified atom stereocenters. The molecule has 1 aliphatic heterocycles. The van der Waals surface area contributed by atoms with Gasteiger partial charge in [-0.1, -0.05) is 46.8 Å². The standard InChI is InChI=1S/C24H40N8/c1-16(2)26-13-18-9-8-17(3)20(12-18)28-22-29-21(27-19-10-11-25-14-19)30-23(31-22)32(7)15-24(4,5)6/h8-9,12,16,19,25-26H,10-11,13-15H2,1-7H3,(H2,27,28,29,30,31)/t19-/m0/s1. The van der Waals surface area contributed by atoms with Crippen molar-refractivity contribution in [1.29, 1.82) is 0 Å². The summed E-state index contributed by atoms with van der Waals surface area (Å²) in [6.07, 6.45) is 1.06. The van der Waals surface area contributed by atoms with Gasteiger partial charge < -0.3 is 26.2 Å². The zero-order chi connectivity index (χ0) is 23.3. The third kappa shape index (κ3) is 7.31. The Morgan fingerprint density at radius 3 is 2.56 bits per heavy atom. The predicted molar refractivity (Wildman–Crippen MR) is 134 cm³/mol. The molecule has 4 N–H and O–H groups in total. The van der Waals surface area contributed by atoms with Gasteiger partial charge in [0.1, 0.15) is 0 Å². The Hall–Kier alpha value is -2.45. The van der Waals surface area contributed by atoms with E-state index in [4.69, 9.17) is 15.0 Å². The number of nitrogens with one attached hydrogen (secondary N) is 4. The average Bonchev–Trinajstić information content (AvgIpc) is 3.20. The maximum atomic E-state index is 4.75. The summed E-state index contributed by atoms with van der Waals surface area (Å²) in [4.78, 5) is 16.3. The van der Waals surface area contributed by atoms with Crippen molar-refractivity contribution in [2.24, 2.45) is 5.41 Å². The van der Waals surface area contributed by atoms with Gasteiger partial charge in [-0.3, -0.25) is 0 Å². The Morgan fingerprint density at radius 1 is 1.16 bits per heavy atom. The molecule has 176 valence electrons. The molecule has 1 saturated heterocycles. The summed E-state index contributed by atoms with van der Waals surface area (Å²) in [5.41, 5.74) is 3.52. The highest BCUT2D eigenvalue weighted by atomic mass is 15.3. The third-order valence-corrected chi connectivity index (χ3v) is 5.33. The molecule has 3 rings (SSSR count). The normalized spacial score (nSPS) is 16.4. The number of aromatic nitrogens is 3. The van der Waals surface area contributed by atoms with Gasteiger partial charge in [-0.05, 0) is 42.5 Å². The largest absolute Gasteiger partial charge is 0.350 e. The second-order valence-corrected chi connectivity index (χ2v) is 10.3. The van der Waals surface area contributed by atoms with Crippen molar-refractivity contribution in [3.05, 3.63) is 29.3 Å². The predicted octanol–water partition coefficient (Wildman–Crippen LogP) is 3.68. The van der Waals surface area contributed by atoms with Crippen LogP contribution in [0.4, 0.5) is 23.5 Å². The minimum Gasteiger partial charge on any atom is -0.350 e. The van der Waals surface area contributed by atoms with Crippen molar-refractivity contribution in [3.63, 3.8) is 0 Å². The lowest BCUT2D eigenvalue weighted by atomic mass is 9.96. The van der Waals surface area contributed by atoms with E-state index in [1.165, 1.54) is 5.56 Å². The number of hydrogen-bond donors (Lipinski definition) is 4. The second-order valence-electron chi connectivity index (χ2n) is 10.3. The number of rotatable bonds is 9. The third-order valence-electron chi connectivity index (χ3n) is 5.33. The molecule has 1 aromatic heterocycles. The Balaban J connectivity index is 1.87. The molecule has 32 heavy (non-hydrogen) atoms. The molecular weight excluding hydrogens is 400 g/mol. The van der Waals surface area contributed by atoms with Gasteiger partial charge in [0.25, 0.3) is 0 Å². The molecule has 8 heteroatoms. The van der Waals surface area contributed by atoms with Gasteiger partial charge in [0.2, 0.25) is 17.8 Å². The number of aryl methyl sites for hydroxylation is 1. The van der Waals surface area contributed by atoms with E-state index in [-0.39, 0.29) is 5.41 Å². The molecule has 8 nitrogen and oxygen atoms in total. The average molecular weight is 441 g/mol. The van der Waals surface area contributed by atoms with Crippen molar-refractivity contribution < 1.29 is 0 Å². The van der Waals surface area contributed by atoms with Crippen molar-refractivity contribution in [2.45, 2.75) is 66.6 Å². The van der Waals surface area contributed by atoms with Crippen LogP contribution < -0.4 is 26.2 Å². The maximum absolute atomic E-state index is 4.75. The summed E-state index contributed by atoms with van der Waals surface area (Å²) in [5, 5.41) is 13.8. The van der Waals surface area contributed by atoms with E-state index in [1.807, 2.05) is 7.05 Å². The van der Waals surface area contributed by atoms with Gasteiger partial charge in [-0.25, -0.2) is 0 Å². The summed E-state index contributed by atoms with van der Waals surface area (Å²) in [6.45, 7) is 16.7. The topological polar surface area (TPSA) is 90.0 Å². The first kappa shape index (κ1) is 24.2. The Kier molecular flexibility index (Phi) is 7.90. The molecule has 0 spiro atoms. The summed E-state index contributed by atoms with van der Waals surface area (Å²) in [5.74, 6) is 1.84. The van der Waals surface area contributed by atoms with E-state index in [2.05, 4.69) is 85.9 Å². The Labute approximate surface area is 193 Å². The molecule has 1 atom stereocenters. The van der Waals surface area contributed by atoms with Crippen LogP contribution in [0.1, 0.15) is 52.2 Å². The number of nitrogens with zero attached hydrogens (tertiary/aromatic N) is 4. The molecular formula is C24H40N8. The maximum Gasteiger partial charge on any atom is 0.233 e. The fraction of sp³-hybridized carbons (Fsp3) is 0.625. The fourth-order valence-corrected chi connectivity index (χ4v) is 3.75. The minimum absolute atomic E-state index is 0.131. The quantitative estimate of drug-likeness (QED) is 0.470. The van der Waals surface area contributed by atoms with E-state index in [9.17, 15) is 0 Å². The first-order valence-corrected chi connectivity index (χ1v) is 11.6. The van der Waals surface area contributed by atoms with Crippen LogP contribution in [0.3, 0.4) is 0 Å². The van der Waals surface area contributed by atoms with Gasteiger partial charge in [-0.15, -0.1) is 0 Å². The smallest absolute Gasteiger partial charge is 0.233 e. The molecule has 2 aromatic rings. The Bertz CT molecular complexity index is 884. The van der Waals surface area contributed by atoms with Crippen LogP contribution in [0.15, 0.2) is 18.2 Å². The second kappa shape index (κ2) is 10.4. The number of hydrogen-bond acceptors (Lipinski definition) is 8. The van der Waals surface area contributed by atoms with Crippen LogP contribution in [-0.2, 0) is 6.54 Å². The molecule has 2 heterocycles. The van der Waals surface area contributed by atoms with Gasteiger partial charge in [-0.2, -0.15) is 15.0 Å². The molecule has 0 amide bonds. The molecule has 0 radical (unpaired) electrons. The molecule has 0 aliphatic carbocycles. The van der Waals surface area contributed by atoms with Crippen LogP contribution in [-0.4, -0.2) is 53.7 Å². The van der Waals surface area contributed by atoms with E-state index in [0.29, 0.717) is 29.9 Å². The Morgan fingerprint density at radius 2 is 1.91 bits per heavy atom. The first-order chi connectivity index (χ1) is 15.1. The van der Waals surface area contributed by atoms with E-state index in [1.54, 1.807) is 0 Å².